The number of halogens is 1. The Morgan fingerprint density at radius 3 is 2.48 bits per heavy atom. The number of aromatic nitrogens is 2. The van der Waals surface area contributed by atoms with Gasteiger partial charge in [0.2, 0.25) is 5.95 Å². The molecule has 6 heteroatoms. The van der Waals surface area contributed by atoms with Gasteiger partial charge in [0.05, 0.1) is 0 Å². The van der Waals surface area contributed by atoms with E-state index in [0.717, 1.165) is 32.4 Å². The van der Waals surface area contributed by atoms with Crippen molar-refractivity contribution in [3.05, 3.63) is 83.9 Å². The minimum atomic E-state index is -0.309. The highest BCUT2D eigenvalue weighted by atomic mass is 19.1. The number of amides is 1. The van der Waals surface area contributed by atoms with Gasteiger partial charge in [0, 0.05) is 25.0 Å². The van der Waals surface area contributed by atoms with Crippen LogP contribution in [-0.4, -0.2) is 33.9 Å². The Bertz CT molecular complexity index is 954. The number of hydrogen-bond acceptors (Lipinski definition) is 4. The summed E-state index contributed by atoms with van der Waals surface area (Å²) in [6, 6.07) is 18.0. The monoisotopic (exact) mass is 390 g/mol. The Morgan fingerprint density at radius 2 is 1.76 bits per heavy atom. The minimum Gasteiger partial charge on any atom is -0.337 e. The fourth-order valence-corrected chi connectivity index (χ4v) is 3.65. The number of piperidine rings is 1. The quantitative estimate of drug-likeness (QED) is 0.699. The van der Waals surface area contributed by atoms with Crippen LogP contribution in [0.1, 0.15) is 28.9 Å². The molecule has 29 heavy (non-hydrogen) atoms. The molecule has 1 aliphatic heterocycles. The van der Waals surface area contributed by atoms with Crippen LogP contribution in [-0.2, 0) is 6.42 Å². The van der Waals surface area contributed by atoms with Crippen LogP contribution in [0, 0.1) is 11.7 Å². The zero-order valence-corrected chi connectivity index (χ0v) is 16.1. The number of carbonyl (C=O) groups is 1. The second-order valence-corrected chi connectivity index (χ2v) is 7.32. The van der Waals surface area contributed by atoms with Crippen molar-refractivity contribution >= 4 is 17.5 Å². The van der Waals surface area contributed by atoms with Gasteiger partial charge < -0.3 is 10.2 Å². The highest BCUT2D eigenvalue weighted by molar-refractivity contribution is 5.92. The Hall–Kier alpha value is -3.28. The van der Waals surface area contributed by atoms with Gasteiger partial charge in [-0.05, 0) is 61.1 Å². The minimum absolute atomic E-state index is 0.0762. The normalized spacial score (nSPS) is 14.6. The molecule has 0 radical (unpaired) electrons. The van der Waals surface area contributed by atoms with E-state index in [9.17, 15) is 9.18 Å². The van der Waals surface area contributed by atoms with Crippen LogP contribution in [0.3, 0.4) is 0 Å². The standard InChI is InChI=1S/C23H23FN4O/c24-19-6-8-20(9-7-19)26-23-25-13-10-21(27-23)22(29)28-14-11-18(12-15-28)16-17-4-2-1-3-5-17/h1-10,13,18H,11-12,14-16H2,(H,25,26,27). The van der Waals surface area contributed by atoms with Crippen molar-refractivity contribution < 1.29 is 9.18 Å². The zero-order valence-electron chi connectivity index (χ0n) is 16.1. The molecule has 3 aromatic rings. The fraction of sp³-hybridized carbons (Fsp3) is 0.261. The molecule has 1 amide bonds. The van der Waals surface area contributed by atoms with E-state index in [4.69, 9.17) is 0 Å². The zero-order chi connectivity index (χ0) is 20.1. The maximum atomic E-state index is 13.0. The lowest BCUT2D eigenvalue weighted by molar-refractivity contribution is 0.0684. The Kier molecular flexibility index (Phi) is 5.79. The van der Waals surface area contributed by atoms with Gasteiger partial charge in [0.1, 0.15) is 11.5 Å². The second kappa shape index (κ2) is 8.82. The Morgan fingerprint density at radius 1 is 1.03 bits per heavy atom. The lowest BCUT2D eigenvalue weighted by Gasteiger charge is -2.32. The summed E-state index contributed by atoms with van der Waals surface area (Å²) >= 11 is 0. The molecule has 1 aromatic heterocycles. The molecule has 0 unspecified atom stereocenters. The first kappa shape index (κ1) is 19.1. The van der Waals surface area contributed by atoms with Crippen molar-refractivity contribution in [2.75, 3.05) is 18.4 Å². The van der Waals surface area contributed by atoms with Crippen LogP contribution < -0.4 is 5.32 Å². The Balaban J connectivity index is 1.35. The average molecular weight is 390 g/mol. The van der Waals surface area contributed by atoms with Crippen LogP contribution in [0.4, 0.5) is 16.0 Å². The molecule has 1 saturated heterocycles. The first-order valence-corrected chi connectivity index (χ1v) is 9.86. The van der Waals surface area contributed by atoms with E-state index >= 15 is 0 Å². The van der Waals surface area contributed by atoms with Gasteiger partial charge >= 0.3 is 0 Å². The smallest absolute Gasteiger partial charge is 0.272 e. The summed E-state index contributed by atoms with van der Waals surface area (Å²) in [6.45, 7) is 1.47. The molecule has 0 atom stereocenters. The van der Waals surface area contributed by atoms with Crippen molar-refractivity contribution in [2.24, 2.45) is 5.92 Å². The van der Waals surface area contributed by atoms with E-state index in [1.54, 1.807) is 24.4 Å². The van der Waals surface area contributed by atoms with Gasteiger partial charge in [0.25, 0.3) is 5.91 Å². The molecule has 148 valence electrons. The number of likely N-dealkylation sites (tertiary alicyclic amines) is 1. The highest BCUT2D eigenvalue weighted by Crippen LogP contribution is 2.23. The van der Waals surface area contributed by atoms with Gasteiger partial charge in [0.15, 0.2) is 0 Å². The van der Waals surface area contributed by atoms with Crippen LogP contribution in [0.25, 0.3) is 0 Å². The van der Waals surface area contributed by atoms with Crippen molar-refractivity contribution in [1.82, 2.24) is 14.9 Å². The van der Waals surface area contributed by atoms with E-state index in [1.165, 1.54) is 17.7 Å². The molecule has 0 saturated carbocycles. The van der Waals surface area contributed by atoms with Gasteiger partial charge in [-0.1, -0.05) is 30.3 Å². The van der Waals surface area contributed by atoms with Crippen LogP contribution >= 0.6 is 0 Å². The summed E-state index contributed by atoms with van der Waals surface area (Å²) in [7, 11) is 0. The molecule has 0 spiro atoms. The topological polar surface area (TPSA) is 58.1 Å². The van der Waals surface area contributed by atoms with E-state index in [2.05, 4.69) is 39.6 Å². The summed E-state index contributed by atoms with van der Waals surface area (Å²) in [5.41, 5.74) is 2.38. The van der Waals surface area contributed by atoms with E-state index in [0.29, 0.717) is 23.2 Å². The molecule has 2 heterocycles. The lowest BCUT2D eigenvalue weighted by atomic mass is 9.90. The summed E-state index contributed by atoms with van der Waals surface area (Å²) < 4.78 is 13.0. The molecule has 0 aliphatic carbocycles. The number of nitrogens with zero attached hydrogens (tertiary/aromatic N) is 3. The average Bonchev–Trinajstić information content (AvgIpc) is 2.76. The number of benzene rings is 2. The highest BCUT2D eigenvalue weighted by Gasteiger charge is 2.24. The summed E-state index contributed by atoms with van der Waals surface area (Å²) in [6.07, 6.45) is 4.61. The summed E-state index contributed by atoms with van der Waals surface area (Å²) in [5.74, 6) is 0.535. The summed E-state index contributed by atoms with van der Waals surface area (Å²) in [5, 5.41) is 3.00. The lowest BCUT2D eigenvalue weighted by Crippen LogP contribution is -2.39. The number of carbonyl (C=O) groups excluding carboxylic acids is 1. The predicted molar refractivity (Wildman–Crippen MR) is 110 cm³/mol. The van der Waals surface area contributed by atoms with E-state index in [-0.39, 0.29) is 11.7 Å². The van der Waals surface area contributed by atoms with Gasteiger partial charge in [-0.2, -0.15) is 0 Å². The third kappa shape index (κ3) is 4.96. The molecule has 1 N–H and O–H groups in total. The number of nitrogens with one attached hydrogen (secondary N) is 1. The third-order valence-corrected chi connectivity index (χ3v) is 5.24. The number of anilines is 2. The number of rotatable bonds is 5. The van der Waals surface area contributed by atoms with Gasteiger partial charge in [-0.25, -0.2) is 14.4 Å². The van der Waals surface area contributed by atoms with Crippen molar-refractivity contribution in [2.45, 2.75) is 19.3 Å². The second-order valence-electron chi connectivity index (χ2n) is 7.32. The molecule has 4 rings (SSSR count). The maximum Gasteiger partial charge on any atom is 0.272 e. The van der Waals surface area contributed by atoms with Crippen molar-refractivity contribution in [3.8, 4) is 0 Å². The first-order chi connectivity index (χ1) is 14.2. The molecular weight excluding hydrogens is 367 g/mol. The van der Waals surface area contributed by atoms with Gasteiger partial charge in [-0.15, -0.1) is 0 Å². The number of hydrogen-bond donors (Lipinski definition) is 1. The third-order valence-electron chi connectivity index (χ3n) is 5.24. The first-order valence-electron chi connectivity index (χ1n) is 9.86. The van der Waals surface area contributed by atoms with Crippen molar-refractivity contribution in [3.63, 3.8) is 0 Å². The van der Waals surface area contributed by atoms with Gasteiger partial charge in [-0.3, -0.25) is 4.79 Å². The fourth-order valence-electron chi connectivity index (χ4n) is 3.65. The Labute approximate surface area is 169 Å². The molecular formula is C23H23FN4O. The molecule has 1 aliphatic rings. The van der Waals surface area contributed by atoms with E-state index in [1.807, 2.05) is 11.0 Å². The molecule has 0 bridgehead atoms. The molecule has 2 aromatic carbocycles. The van der Waals surface area contributed by atoms with Crippen LogP contribution in [0.15, 0.2) is 66.9 Å². The van der Waals surface area contributed by atoms with Crippen LogP contribution in [0.5, 0.6) is 0 Å². The molecule has 5 nitrogen and oxygen atoms in total. The van der Waals surface area contributed by atoms with Crippen molar-refractivity contribution in [1.29, 1.82) is 0 Å². The van der Waals surface area contributed by atoms with E-state index < -0.39 is 0 Å². The largest absolute Gasteiger partial charge is 0.337 e. The van der Waals surface area contributed by atoms with Crippen LogP contribution in [0.2, 0.25) is 0 Å². The SMILES string of the molecule is O=C(c1ccnc(Nc2ccc(F)cc2)n1)N1CCC(Cc2ccccc2)CC1. The summed E-state index contributed by atoms with van der Waals surface area (Å²) in [4.78, 5) is 23.2. The predicted octanol–water partition coefficient (Wildman–Crippen LogP) is 4.45. The maximum absolute atomic E-state index is 13.0. The molecule has 1 fully saturated rings.